The van der Waals surface area contributed by atoms with Crippen LogP contribution in [0.4, 0.5) is 28.4 Å². The van der Waals surface area contributed by atoms with Gasteiger partial charge in [0.15, 0.2) is 0 Å². The van der Waals surface area contributed by atoms with Crippen LogP contribution in [-0.4, -0.2) is 6.54 Å². The Kier molecular flexibility index (Phi) is 6.91. The number of aryl methyl sites for hydroxylation is 1. The monoisotopic (exact) mass is 644 g/mol. The molecule has 0 amide bonds. The van der Waals surface area contributed by atoms with Crippen LogP contribution in [0.25, 0.3) is 35.4 Å². The van der Waals surface area contributed by atoms with Gasteiger partial charge in [0.25, 0.3) is 0 Å². The van der Waals surface area contributed by atoms with Crippen molar-refractivity contribution in [3.05, 3.63) is 172 Å². The van der Waals surface area contributed by atoms with Crippen LogP contribution in [0.2, 0.25) is 0 Å². The molecule has 2 nitrogen and oxygen atoms in total. The predicted octanol–water partition coefficient (Wildman–Crippen LogP) is 12.7. The van der Waals surface area contributed by atoms with Crippen molar-refractivity contribution in [1.29, 1.82) is 0 Å². The smallest absolute Gasteiger partial charge is 0.0534 e. The van der Waals surface area contributed by atoms with E-state index in [9.17, 15) is 0 Å². The van der Waals surface area contributed by atoms with E-state index >= 15 is 0 Å². The van der Waals surface area contributed by atoms with Gasteiger partial charge < -0.3 is 9.80 Å². The SMILES string of the molecule is C1=Cc2ccccc2N(c2ccc(/C=C/c3ccc4c(c3)C3(CCCC3)c3cc(N5CCCc6ccccc65)ccc3-4)cc2)c2ccccc21. The van der Waals surface area contributed by atoms with Gasteiger partial charge in [-0.25, -0.2) is 0 Å². The van der Waals surface area contributed by atoms with Crippen LogP contribution in [0.5, 0.6) is 0 Å². The summed E-state index contributed by atoms with van der Waals surface area (Å²) < 4.78 is 0. The summed E-state index contributed by atoms with van der Waals surface area (Å²) in [6.07, 6.45) is 16.5. The lowest BCUT2D eigenvalue weighted by molar-refractivity contribution is 0.549. The number of rotatable bonds is 4. The number of anilines is 5. The standard InChI is InChI=1S/C48H40N2/c1-4-14-45-36(10-1)13-9-31-49(45)40-26-28-42-41-27-21-35(32-43(41)48(44(42)33-40)29-7-8-30-48)18-17-34-19-24-39(25-20-34)50-46-15-5-2-11-37(46)22-23-38-12-3-6-16-47(38)50/h1-6,10-12,14-28,32-33H,7-9,13,29-31H2/b18-17+. The Morgan fingerprint density at radius 1 is 0.500 bits per heavy atom. The van der Waals surface area contributed by atoms with E-state index in [1.54, 1.807) is 5.56 Å². The summed E-state index contributed by atoms with van der Waals surface area (Å²) in [5.74, 6) is 0. The van der Waals surface area contributed by atoms with Crippen molar-refractivity contribution in [1.82, 2.24) is 0 Å². The molecule has 1 saturated carbocycles. The highest BCUT2D eigenvalue weighted by Gasteiger charge is 2.45. The van der Waals surface area contributed by atoms with Crippen LogP contribution in [0, 0.1) is 0 Å². The first-order chi connectivity index (χ1) is 24.7. The fourth-order valence-corrected chi connectivity index (χ4v) is 9.27. The van der Waals surface area contributed by atoms with Crippen LogP contribution in [0.1, 0.15) is 71.0 Å². The molecule has 1 fully saturated rings. The van der Waals surface area contributed by atoms with Crippen molar-refractivity contribution < 1.29 is 0 Å². The number of para-hydroxylation sites is 3. The van der Waals surface area contributed by atoms with Gasteiger partial charge in [-0.1, -0.05) is 128 Å². The Morgan fingerprint density at radius 2 is 1.08 bits per heavy atom. The highest BCUT2D eigenvalue weighted by atomic mass is 15.2. The number of nitrogens with zero attached hydrogens (tertiary/aromatic N) is 2. The zero-order valence-electron chi connectivity index (χ0n) is 28.4. The number of hydrogen-bond donors (Lipinski definition) is 0. The summed E-state index contributed by atoms with van der Waals surface area (Å²) in [6, 6.07) is 49.8. The molecule has 0 unspecified atom stereocenters. The van der Waals surface area contributed by atoms with Crippen molar-refractivity contribution in [2.45, 2.75) is 43.9 Å². The van der Waals surface area contributed by atoms with E-state index in [-0.39, 0.29) is 5.41 Å². The zero-order valence-corrected chi connectivity index (χ0v) is 28.4. The fourth-order valence-electron chi connectivity index (χ4n) is 9.27. The number of fused-ring (bicyclic) bond motifs is 8. The second-order valence-electron chi connectivity index (χ2n) is 14.4. The Labute approximate surface area is 295 Å². The third-order valence-electron chi connectivity index (χ3n) is 11.7. The van der Waals surface area contributed by atoms with Gasteiger partial charge in [0.1, 0.15) is 0 Å². The van der Waals surface area contributed by atoms with E-state index in [4.69, 9.17) is 0 Å². The summed E-state index contributed by atoms with van der Waals surface area (Å²) in [6.45, 7) is 1.08. The van der Waals surface area contributed by atoms with Gasteiger partial charge in [0, 0.05) is 29.0 Å². The second kappa shape index (κ2) is 11.8. The maximum Gasteiger partial charge on any atom is 0.0534 e. The summed E-state index contributed by atoms with van der Waals surface area (Å²) in [5, 5.41) is 0. The van der Waals surface area contributed by atoms with Crippen molar-refractivity contribution >= 4 is 52.7 Å². The minimum atomic E-state index is 0.121. The largest absolute Gasteiger partial charge is 0.341 e. The molecule has 0 atom stereocenters. The van der Waals surface area contributed by atoms with Gasteiger partial charge in [-0.3, -0.25) is 0 Å². The molecule has 10 rings (SSSR count). The zero-order chi connectivity index (χ0) is 33.1. The van der Waals surface area contributed by atoms with Gasteiger partial charge in [0.05, 0.1) is 11.4 Å². The van der Waals surface area contributed by atoms with Crippen molar-refractivity contribution in [2.24, 2.45) is 0 Å². The Hall–Kier alpha value is -5.60. The van der Waals surface area contributed by atoms with Gasteiger partial charge in [-0.05, 0) is 118 Å². The first-order valence-electron chi connectivity index (χ1n) is 18.3. The highest BCUT2D eigenvalue weighted by Crippen LogP contribution is 2.58. The lowest BCUT2D eigenvalue weighted by Crippen LogP contribution is -2.25. The van der Waals surface area contributed by atoms with E-state index < -0.39 is 0 Å². The molecule has 2 aliphatic heterocycles. The third kappa shape index (κ3) is 4.70. The van der Waals surface area contributed by atoms with Gasteiger partial charge >= 0.3 is 0 Å². The van der Waals surface area contributed by atoms with Crippen LogP contribution < -0.4 is 9.80 Å². The number of benzene rings is 6. The Bertz CT molecular complexity index is 2270. The lowest BCUT2D eigenvalue weighted by Gasteiger charge is -2.33. The summed E-state index contributed by atoms with van der Waals surface area (Å²) in [5.41, 5.74) is 18.8. The molecule has 2 heteroatoms. The van der Waals surface area contributed by atoms with Crippen LogP contribution >= 0.6 is 0 Å². The van der Waals surface area contributed by atoms with Crippen molar-refractivity contribution in [3.63, 3.8) is 0 Å². The summed E-state index contributed by atoms with van der Waals surface area (Å²) in [4.78, 5) is 4.94. The van der Waals surface area contributed by atoms with Crippen molar-refractivity contribution in [2.75, 3.05) is 16.3 Å². The van der Waals surface area contributed by atoms with Crippen molar-refractivity contribution in [3.8, 4) is 11.1 Å². The quantitative estimate of drug-likeness (QED) is 0.176. The third-order valence-corrected chi connectivity index (χ3v) is 11.7. The molecule has 0 saturated heterocycles. The van der Waals surface area contributed by atoms with Crippen LogP contribution in [0.15, 0.2) is 133 Å². The normalized spacial score (nSPS) is 16.6. The molecule has 0 aromatic heterocycles. The first-order valence-corrected chi connectivity index (χ1v) is 18.3. The lowest BCUT2D eigenvalue weighted by atomic mass is 9.76. The van der Waals surface area contributed by atoms with E-state index in [1.165, 1.54) is 106 Å². The van der Waals surface area contributed by atoms with Crippen LogP contribution in [-0.2, 0) is 11.8 Å². The van der Waals surface area contributed by atoms with Gasteiger partial charge in [-0.15, -0.1) is 0 Å². The van der Waals surface area contributed by atoms with E-state index in [0.717, 1.165) is 12.2 Å². The molecule has 0 bridgehead atoms. The number of hydrogen-bond acceptors (Lipinski definition) is 2. The average molecular weight is 645 g/mol. The molecule has 0 radical (unpaired) electrons. The van der Waals surface area contributed by atoms with Gasteiger partial charge in [-0.2, -0.15) is 0 Å². The summed E-state index contributed by atoms with van der Waals surface area (Å²) in [7, 11) is 0. The molecule has 6 aromatic carbocycles. The molecule has 2 heterocycles. The molecule has 50 heavy (non-hydrogen) atoms. The molecule has 2 aliphatic carbocycles. The molecular formula is C48H40N2. The first kappa shape index (κ1) is 29.3. The minimum absolute atomic E-state index is 0.121. The molecule has 0 N–H and O–H groups in total. The predicted molar refractivity (Wildman–Crippen MR) is 212 cm³/mol. The van der Waals surface area contributed by atoms with E-state index in [0.29, 0.717) is 0 Å². The Morgan fingerprint density at radius 3 is 1.82 bits per heavy atom. The minimum Gasteiger partial charge on any atom is -0.341 e. The maximum absolute atomic E-state index is 2.56. The Balaban J connectivity index is 0.958. The van der Waals surface area contributed by atoms with Crippen LogP contribution in [0.3, 0.4) is 0 Å². The molecule has 6 aromatic rings. The highest BCUT2D eigenvalue weighted by molar-refractivity contribution is 5.93. The fraction of sp³-hybridized carbons (Fsp3) is 0.167. The van der Waals surface area contributed by atoms with Gasteiger partial charge in [0.2, 0.25) is 0 Å². The summed E-state index contributed by atoms with van der Waals surface area (Å²) >= 11 is 0. The average Bonchev–Trinajstić information content (AvgIpc) is 3.73. The molecular weight excluding hydrogens is 605 g/mol. The molecule has 242 valence electrons. The maximum atomic E-state index is 2.56. The molecule has 4 aliphatic rings. The van der Waals surface area contributed by atoms with E-state index in [2.05, 4.69) is 168 Å². The molecule has 1 spiro atoms. The topological polar surface area (TPSA) is 6.48 Å². The second-order valence-corrected chi connectivity index (χ2v) is 14.4. The van der Waals surface area contributed by atoms with E-state index in [1.807, 2.05) is 0 Å².